The number of hydrogen-bond donors (Lipinski definition) is 1. The van der Waals surface area contributed by atoms with Crippen molar-refractivity contribution in [1.82, 2.24) is 10.2 Å². The number of furan rings is 1. The van der Waals surface area contributed by atoms with Gasteiger partial charge in [0.15, 0.2) is 0 Å². The third-order valence-corrected chi connectivity index (χ3v) is 3.67. The van der Waals surface area contributed by atoms with Crippen molar-refractivity contribution in [3.05, 3.63) is 60.1 Å². The van der Waals surface area contributed by atoms with E-state index in [0.717, 1.165) is 31.8 Å². The molecule has 0 aliphatic carbocycles. The van der Waals surface area contributed by atoms with Crippen LogP contribution in [0.3, 0.4) is 0 Å². The molecule has 1 heterocycles. The third kappa shape index (κ3) is 4.83. The Kier molecular flexibility index (Phi) is 5.84. The first-order chi connectivity index (χ1) is 9.75. The first-order valence-corrected chi connectivity index (χ1v) is 7.23. The van der Waals surface area contributed by atoms with Crippen molar-refractivity contribution < 1.29 is 4.42 Å². The van der Waals surface area contributed by atoms with Crippen LogP contribution in [0, 0.1) is 0 Å². The molecule has 20 heavy (non-hydrogen) atoms. The molecule has 1 aromatic heterocycles. The van der Waals surface area contributed by atoms with Gasteiger partial charge in [-0.15, -0.1) is 0 Å². The maximum Gasteiger partial charge on any atom is 0.117 e. The summed E-state index contributed by atoms with van der Waals surface area (Å²) in [6, 6.07) is 15.1. The Labute approximate surface area is 121 Å². The lowest BCUT2D eigenvalue weighted by Crippen LogP contribution is -2.38. The number of likely N-dealkylation sites (N-methyl/N-ethyl adjacent to an activating group) is 1. The molecule has 0 bridgehead atoms. The quantitative estimate of drug-likeness (QED) is 0.801. The van der Waals surface area contributed by atoms with Crippen LogP contribution in [0.5, 0.6) is 0 Å². The Morgan fingerprint density at radius 2 is 1.95 bits per heavy atom. The maximum absolute atomic E-state index is 5.31. The fourth-order valence-electron chi connectivity index (χ4n) is 2.14. The largest absolute Gasteiger partial charge is 0.468 e. The topological polar surface area (TPSA) is 28.4 Å². The van der Waals surface area contributed by atoms with Gasteiger partial charge in [0.2, 0.25) is 0 Å². The molecule has 0 amide bonds. The van der Waals surface area contributed by atoms with E-state index in [4.69, 9.17) is 4.42 Å². The molecular weight excluding hydrogens is 248 g/mol. The molecule has 2 aromatic rings. The lowest BCUT2D eigenvalue weighted by molar-refractivity contribution is 0.252. The molecule has 0 aliphatic rings. The van der Waals surface area contributed by atoms with Crippen LogP contribution in [0.2, 0.25) is 0 Å². The van der Waals surface area contributed by atoms with Crippen molar-refractivity contribution in [2.45, 2.75) is 25.9 Å². The van der Waals surface area contributed by atoms with Crippen molar-refractivity contribution in [3.8, 4) is 0 Å². The zero-order valence-corrected chi connectivity index (χ0v) is 12.4. The lowest BCUT2D eigenvalue weighted by Gasteiger charge is -2.25. The summed E-state index contributed by atoms with van der Waals surface area (Å²) in [5, 5.41) is 3.43. The maximum atomic E-state index is 5.31. The highest BCUT2D eigenvalue weighted by atomic mass is 16.3. The summed E-state index contributed by atoms with van der Waals surface area (Å²) in [6.07, 6.45) is 2.81. The van der Waals surface area contributed by atoms with Crippen LogP contribution in [0.4, 0.5) is 0 Å². The normalized spacial score (nSPS) is 12.8. The lowest BCUT2D eigenvalue weighted by atomic mass is 10.1. The Balaban J connectivity index is 1.65. The number of hydrogen-bond acceptors (Lipinski definition) is 3. The summed E-state index contributed by atoms with van der Waals surface area (Å²) in [7, 11) is 2.18. The van der Waals surface area contributed by atoms with E-state index in [0.29, 0.717) is 6.04 Å². The van der Waals surface area contributed by atoms with E-state index >= 15 is 0 Å². The Bertz CT molecular complexity index is 467. The molecule has 108 valence electrons. The van der Waals surface area contributed by atoms with E-state index in [1.165, 1.54) is 5.56 Å². The molecule has 3 nitrogen and oxygen atoms in total. The predicted molar refractivity (Wildman–Crippen MR) is 82.7 cm³/mol. The Morgan fingerprint density at radius 1 is 1.15 bits per heavy atom. The number of benzene rings is 1. The van der Waals surface area contributed by atoms with Gasteiger partial charge in [0, 0.05) is 19.1 Å². The van der Waals surface area contributed by atoms with E-state index in [1.54, 1.807) is 6.26 Å². The van der Waals surface area contributed by atoms with Crippen LogP contribution >= 0.6 is 0 Å². The van der Waals surface area contributed by atoms with Crippen LogP contribution in [0.15, 0.2) is 53.1 Å². The van der Waals surface area contributed by atoms with Gasteiger partial charge >= 0.3 is 0 Å². The summed E-state index contributed by atoms with van der Waals surface area (Å²) >= 11 is 0. The third-order valence-electron chi connectivity index (χ3n) is 3.67. The van der Waals surface area contributed by atoms with Crippen molar-refractivity contribution in [2.75, 3.05) is 20.1 Å². The van der Waals surface area contributed by atoms with Gasteiger partial charge in [-0.3, -0.25) is 0 Å². The second-order valence-electron chi connectivity index (χ2n) is 5.28. The van der Waals surface area contributed by atoms with Crippen LogP contribution in [0.25, 0.3) is 0 Å². The molecular formula is C17H24N2O. The van der Waals surface area contributed by atoms with Gasteiger partial charge in [0.1, 0.15) is 5.76 Å². The number of nitrogens with zero attached hydrogens (tertiary/aromatic N) is 1. The Morgan fingerprint density at radius 3 is 2.65 bits per heavy atom. The first-order valence-electron chi connectivity index (χ1n) is 7.23. The summed E-state index contributed by atoms with van der Waals surface area (Å²) in [6.45, 7) is 5.09. The summed E-state index contributed by atoms with van der Waals surface area (Å²) in [5.41, 5.74) is 1.40. The van der Waals surface area contributed by atoms with Gasteiger partial charge in [0.05, 0.1) is 12.8 Å². The van der Waals surface area contributed by atoms with Gasteiger partial charge in [-0.05, 0) is 38.1 Å². The average molecular weight is 272 g/mol. The highest BCUT2D eigenvalue weighted by Crippen LogP contribution is 2.03. The molecule has 1 N–H and O–H groups in total. The average Bonchev–Trinajstić information content (AvgIpc) is 2.99. The van der Waals surface area contributed by atoms with Crippen LogP contribution in [-0.2, 0) is 13.0 Å². The standard InChI is InChI=1S/C17H24N2O/c1-15(13-18-14-17-9-6-12-20-17)19(2)11-10-16-7-4-3-5-8-16/h3-9,12,15,18H,10-11,13-14H2,1-2H3. The zero-order chi connectivity index (χ0) is 14.2. The van der Waals surface area contributed by atoms with Gasteiger partial charge < -0.3 is 14.6 Å². The molecule has 0 fully saturated rings. The van der Waals surface area contributed by atoms with Crippen molar-refractivity contribution >= 4 is 0 Å². The van der Waals surface area contributed by atoms with Crippen LogP contribution in [0.1, 0.15) is 18.2 Å². The predicted octanol–water partition coefficient (Wildman–Crippen LogP) is 2.93. The molecule has 1 unspecified atom stereocenters. The van der Waals surface area contributed by atoms with E-state index in [1.807, 2.05) is 12.1 Å². The van der Waals surface area contributed by atoms with E-state index in [9.17, 15) is 0 Å². The summed E-state index contributed by atoms with van der Waals surface area (Å²) in [4.78, 5) is 2.39. The second kappa shape index (κ2) is 7.88. The summed E-state index contributed by atoms with van der Waals surface area (Å²) in [5.74, 6) is 0.990. The Hall–Kier alpha value is -1.58. The van der Waals surface area contributed by atoms with E-state index < -0.39 is 0 Å². The van der Waals surface area contributed by atoms with Gasteiger partial charge in [-0.1, -0.05) is 30.3 Å². The minimum atomic E-state index is 0.508. The molecule has 0 saturated heterocycles. The van der Waals surface area contributed by atoms with Crippen molar-refractivity contribution in [2.24, 2.45) is 0 Å². The van der Waals surface area contributed by atoms with Crippen molar-refractivity contribution in [3.63, 3.8) is 0 Å². The number of rotatable bonds is 8. The minimum absolute atomic E-state index is 0.508. The second-order valence-corrected chi connectivity index (χ2v) is 5.28. The van der Waals surface area contributed by atoms with Crippen molar-refractivity contribution in [1.29, 1.82) is 0 Å². The zero-order valence-electron chi connectivity index (χ0n) is 12.4. The van der Waals surface area contributed by atoms with Crippen LogP contribution < -0.4 is 5.32 Å². The fourth-order valence-corrected chi connectivity index (χ4v) is 2.14. The fraction of sp³-hybridized carbons (Fsp3) is 0.412. The molecule has 0 radical (unpaired) electrons. The minimum Gasteiger partial charge on any atom is -0.468 e. The highest BCUT2D eigenvalue weighted by Gasteiger charge is 2.08. The molecule has 1 aromatic carbocycles. The smallest absolute Gasteiger partial charge is 0.117 e. The molecule has 3 heteroatoms. The van der Waals surface area contributed by atoms with E-state index in [2.05, 4.69) is 54.5 Å². The molecule has 2 rings (SSSR count). The highest BCUT2D eigenvalue weighted by molar-refractivity contribution is 5.14. The van der Waals surface area contributed by atoms with E-state index in [-0.39, 0.29) is 0 Å². The number of nitrogens with one attached hydrogen (secondary N) is 1. The molecule has 0 aliphatic heterocycles. The van der Waals surface area contributed by atoms with Gasteiger partial charge in [0.25, 0.3) is 0 Å². The SMILES string of the molecule is CC(CNCc1ccco1)N(C)CCc1ccccc1. The van der Waals surface area contributed by atoms with Gasteiger partial charge in [-0.25, -0.2) is 0 Å². The molecule has 0 spiro atoms. The molecule has 1 atom stereocenters. The monoisotopic (exact) mass is 272 g/mol. The van der Waals surface area contributed by atoms with Gasteiger partial charge in [-0.2, -0.15) is 0 Å². The summed E-state index contributed by atoms with van der Waals surface area (Å²) < 4.78 is 5.31. The van der Waals surface area contributed by atoms with Crippen LogP contribution in [-0.4, -0.2) is 31.1 Å². The molecule has 0 saturated carbocycles. The first kappa shape index (κ1) is 14.8.